The highest BCUT2D eigenvalue weighted by Crippen LogP contribution is 2.34. The third kappa shape index (κ3) is 3.42. The molecule has 0 aliphatic heterocycles. The zero-order valence-corrected chi connectivity index (χ0v) is 18.7. The molecule has 1 aliphatic rings. The van der Waals surface area contributed by atoms with Crippen molar-refractivity contribution in [3.8, 4) is 33.9 Å². The highest BCUT2D eigenvalue weighted by atomic mass is 19.1. The van der Waals surface area contributed by atoms with Gasteiger partial charge in [-0.1, -0.05) is 0 Å². The van der Waals surface area contributed by atoms with Crippen molar-refractivity contribution in [1.82, 2.24) is 30.1 Å². The first kappa shape index (κ1) is 20.5. The normalized spacial score (nSPS) is 13.5. The van der Waals surface area contributed by atoms with E-state index in [1.807, 2.05) is 18.2 Å². The van der Waals surface area contributed by atoms with Crippen molar-refractivity contribution >= 4 is 33.5 Å². The lowest BCUT2D eigenvalue weighted by molar-refractivity contribution is -0.117. The Bertz CT molecular complexity index is 1770. The molecule has 1 amide bonds. The molecule has 0 bridgehead atoms. The van der Waals surface area contributed by atoms with Gasteiger partial charge in [-0.05, 0) is 48.7 Å². The quantitative estimate of drug-likeness (QED) is 0.308. The molecule has 1 fully saturated rings. The minimum atomic E-state index is -0.453. The number of amides is 1. The summed E-state index contributed by atoms with van der Waals surface area (Å²) < 4.78 is 20.3. The van der Waals surface area contributed by atoms with Crippen LogP contribution >= 0.6 is 0 Å². The Balaban J connectivity index is 1.32. The number of carbonyl (C=O) groups is 1. The highest BCUT2D eigenvalue weighted by Gasteiger charge is 2.29. The number of aromatic amines is 2. The molecule has 6 aromatic rings. The number of pyridine rings is 2. The fraction of sp³-hybridized carbons (Fsp3) is 0.115. The number of H-pyrrole nitrogens is 2. The monoisotopic (exact) mass is 479 g/mol. The van der Waals surface area contributed by atoms with E-state index in [4.69, 9.17) is 9.40 Å². The zero-order valence-electron chi connectivity index (χ0n) is 18.7. The van der Waals surface area contributed by atoms with Gasteiger partial charge in [0.25, 0.3) is 0 Å². The molecule has 3 N–H and O–H groups in total. The summed E-state index contributed by atoms with van der Waals surface area (Å²) in [6.45, 7) is 0. The van der Waals surface area contributed by atoms with Crippen molar-refractivity contribution in [2.24, 2.45) is 5.92 Å². The minimum absolute atomic E-state index is 0.0122. The molecule has 5 aromatic heterocycles. The van der Waals surface area contributed by atoms with E-state index in [9.17, 15) is 4.79 Å². The molecule has 7 rings (SSSR count). The number of furan rings is 1. The van der Waals surface area contributed by atoms with Crippen LogP contribution in [0.15, 0.2) is 65.9 Å². The lowest BCUT2D eigenvalue weighted by Crippen LogP contribution is -2.13. The molecule has 1 aliphatic carbocycles. The second-order valence-corrected chi connectivity index (χ2v) is 8.83. The zero-order chi connectivity index (χ0) is 24.2. The van der Waals surface area contributed by atoms with Gasteiger partial charge in [0.1, 0.15) is 28.2 Å². The lowest BCUT2D eigenvalue weighted by Gasteiger charge is -2.07. The van der Waals surface area contributed by atoms with Crippen molar-refractivity contribution in [3.05, 3.63) is 67.3 Å². The molecule has 176 valence electrons. The van der Waals surface area contributed by atoms with Gasteiger partial charge >= 0.3 is 0 Å². The molecule has 5 heterocycles. The fourth-order valence-corrected chi connectivity index (χ4v) is 4.34. The molecule has 0 saturated heterocycles. The van der Waals surface area contributed by atoms with Crippen LogP contribution in [0.1, 0.15) is 12.8 Å². The van der Waals surface area contributed by atoms with Crippen LogP contribution in [0.25, 0.3) is 55.8 Å². The predicted octanol–water partition coefficient (Wildman–Crippen LogP) is 5.31. The Kier molecular flexibility index (Phi) is 4.47. The van der Waals surface area contributed by atoms with Crippen LogP contribution in [0, 0.1) is 11.7 Å². The molecule has 0 unspecified atom stereocenters. The molecule has 0 spiro atoms. The lowest BCUT2D eigenvalue weighted by atomic mass is 10.0. The number of fused-ring (bicyclic) bond motifs is 2. The number of anilines is 1. The van der Waals surface area contributed by atoms with Crippen LogP contribution in [0.3, 0.4) is 0 Å². The molecular formula is C26H18FN7O2. The maximum Gasteiger partial charge on any atom is 0.227 e. The number of halogens is 1. The minimum Gasteiger partial charge on any atom is -0.472 e. The Morgan fingerprint density at radius 1 is 1.08 bits per heavy atom. The van der Waals surface area contributed by atoms with Gasteiger partial charge in [-0.3, -0.25) is 19.9 Å². The largest absolute Gasteiger partial charge is 0.472 e. The summed E-state index contributed by atoms with van der Waals surface area (Å²) in [6, 6.07) is 8.69. The van der Waals surface area contributed by atoms with Crippen molar-refractivity contribution in [3.63, 3.8) is 0 Å². The van der Waals surface area contributed by atoms with Crippen molar-refractivity contribution in [2.75, 3.05) is 5.32 Å². The van der Waals surface area contributed by atoms with E-state index in [0.717, 1.165) is 23.9 Å². The molecule has 1 saturated carbocycles. The first-order valence-electron chi connectivity index (χ1n) is 11.5. The average molecular weight is 479 g/mol. The van der Waals surface area contributed by atoms with Gasteiger partial charge < -0.3 is 14.7 Å². The maximum absolute atomic E-state index is 15.1. The summed E-state index contributed by atoms with van der Waals surface area (Å²) in [5.41, 5.74) is 5.51. The SMILES string of the molecule is O=C(Nc1cncc(-c2cc(F)c3[nH]nc(-c4nc5c(-c6ccoc6)nccc5[nH]4)c3c2)c1)C1CC1. The Morgan fingerprint density at radius 2 is 2.00 bits per heavy atom. The topological polar surface area (TPSA) is 125 Å². The third-order valence-electron chi connectivity index (χ3n) is 6.33. The van der Waals surface area contributed by atoms with Gasteiger partial charge in [0.05, 0.1) is 29.9 Å². The van der Waals surface area contributed by atoms with Crippen LogP contribution in [-0.2, 0) is 4.79 Å². The second-order valence-electron chi connectivity index (χ2n) is 8.83. The molecule has 1 aromatic carbocycles. The Hall–Kier alpha value is -4.86. The number of imidazole rings is 1. The summed E-state index contributed by atoms with van der Waals surface area (Å²) in [5, 5.41) is 10.6. The van der Waals surface area contributed by atoms with E-state index in [1.165, 1.54) is 6.07 Å². The molecule has 0 atom stereocenters. The second kappa shape index (κ2) is 7.84. The summed E-state index contributed by atoms with van der Waals surface area (Å²) in [6.07, 6.45) is 9.92. The first-order valence-corrected chi connectivity index (χ1v) is 11.5. The fourth-order valence-electron chi connectivity index (χ4n) is 4.34. The van der Waals surface area contributed by atoms with Gasteiger partial charge in [0, 0.05) is 34.8 Å². The number of nitrogens with one attached hydrogen (secondary N) is 3. The van der Waals surface area contributed by atoms with Gasteiger partial charge in [0.15, 0.2) is 5.82 Å². The van der Waals surface area contributed by atoms with E-state index in [0.29, 0.717) is 44.9 Å². The number of hydrogen-bond donors (Lipinski definition) is 3. The van der Waals surface area contributed by atoms with Gasteiger partial charge in [-0.2, -0.15) is 5.10 Å². The third-order valence-corrected chi connectivity index (χ3v) is 6.33. The number of aromatic nitrogens is 6. The van der Waals surface area contributed by atoms with Crippen LogP contribution in [0.5, 0.6) is 0 Å². The highest BCUT2D eigenvalue weighted by molar-refractivity contribution is 5.98. The predicted molar refractivity (Wildman–Crippen MR) is 131 cm³/mol. The van der Waals surface area contributed by atoms with E-state index >= 15 is 4.39 Å². The maximum atomic E-state index is 15.1. The number of rotatable bonds is 5. The van der Waals surface area contributed by atoms with Crippen LogP contribution in [0.2, 0.25) is 0 Å². The standard InChI is InChI=1S/C26H18FN7O2/c27-19-9-15(16-7-17(11-28-10-16)30-26(35)13-1-2-13)8-18-22(19)33-34-23(18)25-31-20-3-5-29-21(24(20)32-25)14-4-6-36-12-14/h3-13H,1-2H2,(H,30,35)(H,31,32)(H,33,34). The molecule has 0 radical (unpaired) electrons. The van der Waals surface area contributed by atoms with Crippen molar-refractivity contribution in [2.45, 2.75) is 12.8 Å². The summed E-state index contributed by atoms with van der Waals surface area (Å²) in [7, 11) is 0. The van der Waals surface area contributed by atoms with Gasteiger partial charge in [0.2, 0.25) is 5.91 Å². The summed E-state index contributed by atoms with van der Waals surface area (Å²) in [5.74, 6) is 0.0884. The first-order chi connectivity index (χ1) is 17.6. The molecular weight excluding hydrogens is 461 g/mol. The van der Waals surface area contributed by atoms with E-state index in [1.54, 1.807) is 37.2 Å². The van der Waals surface area contributed by atoms with Crippen LogP contribution in [-0.4, -0.2) is 36.0 Å². The van der Waals surface area contributed by atoms with Crippen LogP contribution in [0.4, 0.5) is 10.1 Å². The molecule has 9 nitrogen and oxygen atoms in total. The number of benzene rings is 1. The van der Waals surface area contributed by atoms with E-state index in [-0.39, 0.29) is 17.3 Å². The smallest absolute Gasteiger partial charge is 0.227 e. The Labute approximate surface area is 202 Å². The summed E-state index contributed by atoms with van der Waals surface area (Å²) >= 11 is 0. The summed E-state index contributed by atoms with van der Waals surface area (Å²) in [4.78, 5) is 28.9. The van der Waals surface area contributed by atoms with E-state index in [2.05, 4.69) is 30.5 Å². The number of hydrogen-bond acceptors (Lipinski definition) is 6. The number of nitrogens with zero attached hydrogens (tertiary/aromatic N) is 4. The van der Waals surface area contributed by atoms with Gasteiger partial charge in [-0.25, -0.2) is 9.37 Å². The van der Waals surface area contributed by atoms with Gasteiger partial charge in [-0.15, -0.1) is 0 Å². The van der Waals surface area contributed by atoms with Crippen molar-refractivity contribution < 1.29 is 13.6 Å². The molecule has 10 heteroatoms. The average Bonchev–Trinajstić information content (AvgIpc) is 3.26. The van der Waals surface area contributed by atoms with Crippen molar-refractivity contribution in [1.29, 1.82) is 0 Å². The number of carbonyl (C=O) groups excluding carboxylic acids is 1. The molecule has 36 heavy (non-hydrogen) atoms. The van der Waals surface area contributed by atoms with E-state index < -0.39 is 5.82 Å². The van der Waals surface area contributed by atoms with Crippen LogP contribution < -0.4 is 5.32 Å². The Morgan fingerprint density at radius 3 is 2.83 bits per heavy atom.